The summed E-state index contributed by atoms with van der Waals surface area (Å²) >= 11 is 3.16. The number of benzene rings is 1. The predicted octanol–water partition coefficient (Wildman–Crippen LogP) is 3.16. The molecule has 1 atom stereocenters. The van der Waals surface area contributed by atoms with E-state index in [0.29, 0.717) is 11.5 Å². The number of esters is 1. The van der Waals surface area contributed by atoms with E-state index < -0.39 is 0 Å². The molecule has 0 aliphatic rings. The Balaban J connectivity index is 2.82. The third-order valence-corrected chi connectivity index (χ3v) is 2.12. The molecule has 0 aliphatic heterocycles. The largest absolute Gasteiger partial charge is 0.487 e. The highest BCUT2D eigenvalue weighted by Crippen LogP contribution is 2.28. The molecule has 4 heteroatoms. The van der Waals surface area contributed by atoms with Crippen LogP contribution in [0.25, 0.3) is 0 Å². The van der Waals surface area contributed by atoms with E-state index in [4.69, 9.17) is 9.47 Å². The number of para-hydroxylation sites is 2. The van der Waals surface area contributed by atoms with Crippen LogP contribution in [0.3, 0.4) is 0 Å². The molecule has 16 heavy (non-hydrogen) atoms. The van der Waals surface area contributed by atoms with Crippen LogP contribution >= 0.6 is 15.9 Å². The molecule has 1 rings (SSSR count). The Labute approximate surface area is 104 Å². The SMILES string of the molecule is CC(C)Oc1ccccc1OC(=O)C(C)Br. The molecule has 0 saturated carbocycles. The lowest BCUT2D eigenvalue weighted by Gasteiger charge is -2.14. The first-order chi connectivity index (χ1) is 7.50. The molecule has 0 fully saturated rings. The number of carbonyl (C=O) groups is 1. The zero-order chi connectivity index (χ0) is 12.1. The van der Waals surface area contributed by atoms with Crippen LogP contribution in [0, 0.1) is 0 Å². The van der Waals surface area contributed by atoms with Gasteiger partial charge in [-0.3, -0.25) is 4.79 Å². The number of hydrogen-bond acceptors (Lipinski definition) is 3. The van der Waals surface area contributed by atoms with Crippen LogP contribution in [-0.4, -0.2) is 16.9 Å². The quantitative estimate of drug-likeness (QED) is 0.485. The monoisotopic (exact) mass is 286 g/mol. The summed E-state index contributed by atoms with van der Waals surface area (Å²) in [7, 11) is 0. The minimum Gasteiger partial charge on any atom is -0.487 e. The minimum absolute atomic E-state index is 0.0428. The molecule has 0 aromatic heterocycles. The second-order valence-electron chi connectivity index (χ2n) is 3.65. The summed E-state index contributed by atoms with van der Waals surface area (Å²) < 4.78 is 10.7. The van der Waals surface area contributed by atoms with Crippen molar-refractivity contribution in [1.29, 1.82) is 0 Å². The van der Waals surface area contributed by atoms with E-state index in [1.807, 2.05) is 19.9 Å². The van der Waals surface area contributed by atoms with Crippen molar-refractivity contribution in [2.24, 2.45) is 0 Å². The van der Waals surface area contributed by atoms with Gasteiger partial charge in [-0.1, -0.05) is 28.1 Å². The van der Waals surface area contributed by atoms with Crippen LogP contribution < -0.4 is 9.47 Å². The lowest BCUT2D eigenvalue weighted by molar-refractivity contribution is -0.133. The topological polar surface area (TPSA) is 35.5 Å². The third-order valence-electron chi connectivity index (χ3n) is 1.75. The molecule has 1 unspecified atom stereocenters. The Hall–Kier alpha value is -1.03. The average molecular weight is 287 g/mol. The van der Waals surface area contributed by atoms with Gasteiger partial charge in [-0.25, -0.2) is 0 Å². The van der Waals surface area contributed by atoms with Crippen molar-refractivity contribution in [3.05, 3.63) is 24.3 Å². The Bertz CT molecular complexity index is 361. The Morgan fingerprint density at radius 3 is 2.25 bits per heavy atom. The molecule has 0 amide bonds. The van der Waals surface area contributed by atoms with Crippen molar-refractivity contribution in [3.8, 4) is 11.5 Å². The van der Waals surface area contributed by atoms with Gasteiger partial charge in [0, 0.05) is 0 Å². The fraction of sp³-hybridized carbons (Fsp3) is 0.417. The maximum absolute atomic E-state index is 11.4. The molecule has 0 N–H and O–H groups in total. The molecule has 0 spiro atoms. The Morgan fingerprint density at radius 2 is 1.75 bits per heavy atom. The number of carbonyl (C=O) groups excluding carboxylic acids is 1. The molecule has 0 aliphatic carbocycles. The predicted molar refractivity (Wildman–Crippen MR) is 66.2 cm³/mol. The van der Waals surface area contributed by atoms with E-state index >= 15 is 0 Å². The molecule has 1 aromatic carbocycles. The summed E-state index contributed by atoms with van der Waals surface area (Å²) in [6.07, 6.45) is 0.0428. The molecular formula is C12H15BrO3. The summed E-state index contributed by atoms with van der Waals surface area (Å²) in [5, 5.41) is 0. The normalized spacial score (nSPS) is 12.3. The van der Waals surface area contributed by atoms with Gasteiger partial charge in [0.2, 0.25) is 0 Å². The summed E-state index contributed by atoms with van der Waals surface area (Å²) in [6.45, 7) is 5.56. The smallest absolute Gasteiger partial charge is 0.324 e. The summed E-state index contributed by atoms with van der Waals surface area (Å²) in [6, 6.07) is 7.13. The third kappa shape index (κ3) is 3.85. The molecule has 0 bridgehead atoms. The van der Waals surface area contributed by atoms with Crippen LogP contribution in [0.4, 0.5) is 0 Å². The summed E-state index contributed by atoms with van der Waals surface area (Å²) in [5.74, 6) is 0.700. The molecule has 1 aromatic rings. The first kappa shape index (κ1) is 13.0. The van der Waals surface area contributed by atoms with Crippen LogP contribution in [0.15, 0.2) is 24.3 Å². The fourth-order valence-electron chi connectivity index (χ4n) is 1.08. The van der Waals surface area contributed by atoms with Gasteiger partial charge in [0.25, 0.3) is 0 Å². The van der Waals surface area contributed by atoms with Gasteiger partial charge in [0.1, 0.15) is 4.83 Å². The molecule has 88 valence electrons. The first-order valence-corrected chi connectivity index (χ1v) is 6.03. The first-order valence-electron chi connectivity index (χ1n) is 5.12. The lowest BCUT2D eigenvalue weighted by Crippen LogP contribution is -2.18. The number of rotatable bonds is 4. The van der Waals surface area contributed by atoms with Gasteiger partial charge < -0.3 is 9.47 Å². The van der Waals surface area contributed by atoms with Crippen molar-refractivity contribution in [3.63, 3.8) is 0 Å². The van der Waals surface area contributed by atoms with E-state index in [0.717, 1.165) is 0 Å². The zero-order valence-corrected chi connectivity index (χ0v) is 11.2. The van der Waals surface area contributed by atoms with Crippen molar-refractivity contribution in [1.82, 2.24) is 0 Å². The Kier molecular flexibility index (Phi) is 4.80. The average Bonchev–Trinajstić information content (AvgIpc) is 2.20. The summed E-state index contributed by atoms with van der Waals surface area (Å²) in [5.41, 5.74) is 0. The maximum atomic E-state index is 11.4. The molecule has 0 heterocycles. The van der Waals surface area contributed by atoms with Gasteiger partial charge in [-0.2, -0.15) is 0 Å². The van der Waals surface area contributed by atoms with Crippen LogP contribution in [0.5, 0.6) is 11.5 Å². The van der Waals surface area contributed by atoms with Gasteiger partial charge in [-0.05, 0) is 32.9 Å². The highest BCUT2D eigenvalue weighted by molar-refractivity contribution is 9.10. The van der Waals surface area contributed by atoms with Crippen LogP contribution in [-0.2, 0) is 4.79 Å². The van der Waals surface area contributed by atoms with Crippen LogP contribution in [0.1, 0.15) is 20.8 Å². The molecule has 3 nitrogen and oxygen atoms in total. The van der Waals surface area contributed by atoms with Crippen LogP contribution in [0.2, 0.25) is 0 Å². The molecule has 0 saturated heterocycles. The van der Waals surface area contributed by atoms with E-state index in [1.165, 1.54) is 0 Å². The Morgan fingerprint density at radius 1 is 1.19 bits per heavy atom. The zero-order valence-electron chi connectivity index (χ0n) is 9.57. The van der Waals surface area contributed by atoms with Gasteiger partial charge in [-0.15, -0.1) is 0 Å². The van der Waals surface area contributed by atoms with Gasteiger partial charge in [0.05, 0.1) is 6.10 Å². The van der Waals surface area contributed by atoms with Crippen molar-refractivity contribution in [2.45, 2.75) is 31.7 Å². The number of alkyl halides is 1. The van der Waals surface area contributed by atoms with Crippen molar-refractivity contribution >= 4 is 21.9 Å². The van der Waals surface area contributed by atoms with E-state index in [9.17, 15) is 4.79 Å². The highest BCUT2D eigenvalue weighted by Gasteiger charge is 2.14. The second-order valence-corrected chi connectivity index (χ2v) is 5.02. The van der Waals surface area contributed by atoms with Gasteiger partial charge in [0.15, 0.2) is 11.5 Å². The summed E-state index contributed by atoms with van der Waals surface area (Å²) in [4.78, 5) is 11.1. The van der Waals surface area contributed by atoms with E-state index in [1.54, 1.807) is 25.1 Å². The second kappa shape index (κ2) is 5.89. The van der Waals surface area contributed by atoms with Crippen molar-refractivity contribution in [2.75, 3.05) is 0 Å². The fourth-order valence-corrected chi connectivity index (χ4v) is 1.17. The maximum Gasteiger partial charge on any atom is 0.324 e. The molecule has 0 radical (unpaired) electrons. The van der Waals surface area contributed by atoms with E-state index in [2.05, 4.69) is 15.9 Å². The number of halogens is 1. The minimum atomic E-state index is -0.334. The molecular weight excluding hydrogens is 272 g/mol. The van der Waals surface area contributed by atoms with E-state index in [-0.39, 0.29) is 16.9 Å². The van der Waals surface area contributed by atoms with Crippen molar-refractivity contribution < 1.29 is 14.3 Å². The lowest BCUT2D eigenvalue weighted by atomic mass is 10.3. The number of hydrogen-bond donors (Lipinski definition) is 0. The standard InChI is InChI=1S/C12H15BrO3/c1-8(2)15-10-6-4-5-7-11(10)16-12(14)9(3)13/h4-9H,1-3H3. The highest BCUT2D eigenvalue weighted by atomic mass is 79.9. The van der Waals surface area contributed by atoms with Gasteiger partial charge >= 0.3 is 5.97 Å². The number of ether oxygens (including phenoxy) is 2.